The minimum absolute atomic E-state index is 0.0753. The molecule has 0 saturated carbocycles. The number of methoxy groups -OCH3 is 1. The third kappa shape index (κ3) is 4.93. The van der Waals surface area contributed by atoms with Crippen molar-refractivity contribution in [3.63, 3.8) is 0 Å². The molecule has 0 aromatic carbocycles. The Labute approximate surface area is 127 Å². The molecular weight excluding hydrogens is 266 g/mol. The zero-order valence-corrected chi connectivity index (χ0v) is 13.6. The Balaban J connectivity index is 2.07. The summed E-state index contributed by atoms with van der Waals surface area (Å²) in [5.74, 6) is 2.30. The molecule has 1 unspecified atom stereocenters. The van der Waals surface area contributed by atoms with Crippen LogP contribution in [0, 0.1) is 5.92 Å². The Hall–Kier alpha value is -1.20. The second-order valence-electron chi connectivity index (χ2n) is 6.72. The van der Waals surface area contributed by atoms with Gasteiger partial charge in [0.25, 0.3) is 0 Å². The zero-order valence-electron chi connectivity index (χ0n) is 13.6. The zero-order chi connectivity index (χ0) is 15.3. The lowest BCUT2D eigenvalue weighted by atomic mass is 9.95. The van der Waals surface area contributed by atoms with E-state index in [0.717, 1.165) is 43.5 Å². The van der Waals surface area contributed by atoms with Crippen LogP contribution in [0.5, 0.6) is 0 Å². The van der Waals surface area contributed by atoms with E-state index in [0.29, 0.717) is 12.5 Å². The minimum Gasteiger partial charge on any atom is -0.381 e. The molecule has 0 amide bonds. The molecule has 5 heteroatoms. The molecule has 1 aromatic heterocycles. The molecule has 118 valence electrons. The van der Waals surface area contributed by atoms with Crippen LogP contribution in [0.15, 0.2) is 6.07 Å². The highest BCUT2D eigenvalue weighted by Crippen LogP contribution is 2.21. The van der Waals surface area contributed by atoms with Gasteiger partial charge in [0.15, 0.2) is 0 Å². The number of aromatic nitrogens is 2. The lowest BCUT2D eigenvalue weighted by molar-refractivity contribution is 0.0594. The number of rotatable bonds is 5. The van der Waals surface area contributed by atoms with Gasteiger partial charge in [-0.2, -0.15) is 0 Å². The summed E-state index contributed by atoms with van der Waals surface area (Å²) < 4.78 is 10.7. The van der Waals surface area contributed by atoms with Crippen molar-refractivity contribution in [3.8, 4) is 0 Å². The average Bonchev–Trinajstić information content (AvgIpc) is 2.45. The molecule has 2 heterocycles. The monoisotopic (exact) mass is 293 g/mol. The van der Waals surface area contributed by atoms with Crippen LogP contribution >= 0.6 is 0 Å². The largest absolute Gasteiger partial charge is 0.381 e. The summed E-state index contributed by atoms with van der Waals surface area (Å²) in [7, 11) is 1.69. The lowest BCUT2D eigenvalue weighted by Crippen LogP contribution is -2.25. The smallest absolute Gasteiger partial charge is 0.136 e. The molecule has 1 fully saturated rings. The quantitative estimate of drug-likeness (QED) is 0.904. The highest BCUT2D eigenvalue weighted by atomic mass is 16.5. The molecule has 0 bridgehead atoms. The second-order valence-corrected chi connectivity index (χ2v) is 6.72. The van der Waals surface area contributed by atoms with Crippen LogP contribution in [-0.4, -0.2) is 36.8 Å². The Kier molecular flexibility index (Phi) is 5.53. The first kappa shape index (κ1) is 16.2. The molecule has 5 nitrogen and oxygen atoms in total. The van der Waals surface area contributed by atoms with Crippen LogP contribution in [-0.2, 0) is 21.5 Å². The van der Waals surface area contributed by atoms with E-state index in [1.165, 1.54) is 6.42 Å². The molecule has 1 N–H and O–H groups in total. The van der Waals surface area contributed by atoms with Gasteiger partial charge < -0.3 is 14.8 Å². The van der Waals surface area contributed by atoms with Gasteiger partial charge in [-0.1, -0.05) is 20.8 Å². The van der Waals surface area contributed by atoms with E-state index >= 15 is 0 Å². The molecule has 2 rings (SSSR count). The number of nitrogens with one attached hydrogen (secondary N) is 1. The van der Waals surface area contributed by atoms with Gasteiger partial charge in [0.2, 0.25) is 0 Å². The van der Waals surface area contributed by atoms with E-state index in [9.17, 15) is 0 Å². The number of anilines is 1. The third-order valence-corrected chi connectivity index (χ3v) is 3.57. The van der Waals surface area contributed by atoms with Crippen molar-refractivity contribution in [2.45, 2.75) is 45.6 Å². The summed E-state index contributed by atoms with van der Waals surface area (Å²) in [6.07, 6.45) is 2.37. The lowest BCUT2D eigenvalue weighted by Gasteiger charge is -2.23. The Bertz CT molecular complexity index is 451. The number of hydrogen-bond donors (Lipinski definition) is 1. The molecule has 1 atom stereocenters. The first-order valence-corrected chi connectivity index (χ1v) is 7.68. The maximum Gasteiger partial charge on any atom is 0.136 e. The van der Waals surface area contributed by atoms with Gasteiger partial charge in [0.1, 0.15) is 11.6 Å². The summed E-state index contributed by atoms with van der Waals surface area (Å²) in [6.45, 7) is 9.51. The molecular formula is C16H27N3O2. The van der Waals surface area contributed by atoms with Gasteiger partial charge in [-0.3, -0.25) is 0 Å². The summed E-state index contributed by atoms with van der Waals surface area (Å²) in [6, 6.07) is 1.97. The molecule has 1 aromatic rings. The molecule has 0 spiro atoms. The van der Waals surface area contributed by atoms with Crippen LogP contribution in [0.2, 0.25) is 0 Å². The van der Waals surface area contributed by atoms with Gasteiger partial charge >= 0.3 is 0 Å². The van der Waals surface area contributed by atoms with Crippen molar-refractivity contribution in [1.82, 2.24) is 9.97 Å². The second kappa shape index (κ2) is 7.18. The standard InChI is InChI=1S/C16H27N3O2/c1-16(2,3)15-18-13(11-20-4)8-14(19-15)17-9-12-6-5-7-21-10-12/h8,12H,5-7,9-11H2,1-4H3,(H,17,18,19). The normalized spacial score (nSPS) is 19.5. The fourth-order valence-corrected chi connectivity index (χ4v) is 2.36. The van der Waals surface area contributed by atoms with E-state index in [1.54, 1.807) is 7.11 Å². The van der Waals surface area contributed by atoms with Crippen molar-refractivity contribution in [2.24, 2.45) is 5.92 Å². The van der Waals surface area contributed by atoms with E-state index in [2.05, 4.69) is 36.1 Å². The summed E-state index contributed by atoms with van der Waals surface area (Å²) >= 11 is 0. The predicted molar refractivity (Wildman–Crippen MR) is 83.5 cm³/mol. The van der Waals surface area contributed by atoms with E-state index < -0.39 is 0 Å². The SMILES string of the molecule is COCc1cc(NCC2CCCOC2)nc(C(C)(C)C)n1. The van der Waals surface area contributed by atoms with E-state index in [4.69, 9.17) is 9.47 Å². The third-order valence-electron chi connectivity index (χ3n) is 3.57. The average molecular weight is 293 g/mol. The first-order chi connectivity index (χ1) is 9.99. The Morgan fingerprint density at radius 3 is 2.81 bits per heavy atom. The molecule has 1 aliphatic heterocycles. The fourth-order valence-electron chi connectivity index (χ4n) is 2.36. The Morgan fingerprint density at radius 2 is 2.19 bits per heavy atom. The molecule has 21 heavy (non-hydrogen) atoms. The van der Waals surface area contributed by atoms with Crippen LogP contribution in [0.4, 0.5) is 5.82 Å². The van der Waals surface area contributed by atoms with Crippen LogP contribution in [0.3, 0.4) is 0 Å². The number of ether oxygens (including phenoxy) is 2. The van der Waals surface area contributed by atoms with E-state index in [1.807, 2.05) is 6.07 Å². The molecule has 0 radical (unpaired) electrons. The van der Waals surface area contributed by atoms with Crippen LogP contribution < -0.4 is 5.32 Å². The molecule has 1 saturated heterocycles. The number of nitrogens with zero attached hydrogens (tertiary/aromatic N) is 2. The van der Waals surface area contributed by atoms with Crippen molar-refractivity contribution in [3.05, 3.63) is 17.6 Å². The van der Waals surface area contributed by atoms with Gasteiger partial charge in [0, 0.05) is 31.7 Å². The number of hydrogen-bond acceptors (Lipinski definition) is 5. The van der Waals surface area contributed by atoms with Gasteiger partial charge in [-0.15, -0.1) is 0 Å². The summed E-state index contributed by atoms with van der Waals surface area (Å²) in [5.41, 5.74) is 0.841. The maximum atomic E-state index is 5.52. The van der Waals surface area contributed by atoms with Crippen molar-refractivity contribution < 1.29 is 9.47 Å². The van der Waals surface area contributed by atoms with Crippen molar-refractivity contribution >= 4 is 5.82 Å². The topological polar surface area (TPSA) is 56.3 Å². The summed E-state index contributed by atoms with van der Waals surface area (Å²) in [5, 5.41) is 3.44. The van der Waals surface area contributed by atoms with Crippen LogP contribution in [0.1, 0.15) is 45.1 Å². The van der Waals surface area contributed by atoms with Gasteiger partial charge in [-0.05, 0) is 18.8 Å². The predicted octanol–water partition coefficient (Wildman–Crippen LogP) is 2.76. The summed E-state index contributed by atoms with van der Waals surface area (Å²) in [4.78, 5) is 9.24. The van der Waals surface area contributed by atoms with Crippen molar-refractivity contribution in [2.75, 3.05) is 32.2 Å². The van der Waals surface area contributed by atoms with Gasteiger partial charge in [-0.25, -0.2) is 9.97 Å². The maximum absolute atomic E-state index is 5.52. The minimum atomic E-state index is -0.0753. The highest BCUT2D eigenvalue weighted by molar-refractivity contribution is 5.37. The van der Waals surface area contributed by atoms with Crippen LogP contribution in [0.25, 0.3) is 0 Å². The van der Waals surface area contributed by atoms with E-state index in [-0.39, 0.29) is 5.41 Å². The Morgan fingerprint density at radius 1 is 1.38 bits per heavy atom. The molecule has 1 aliphatic rings. The first-order valence-electron chi connectivity index (χ1n) is 7.68. The van der Waals surface area contributed by atoms with Crippen molar-refractivity contribution in [1.29, 1.82) is 0 Å². The van der Waals surface area contributed by atoms with Gasteiger partial charge in [0.05, 0.1) is 18.9 Å². The fraction of sp³-hybridized carbons (Fsp3) is 0.750. The highest BCUT2D eigenvalue weighted by Gasteiger charge is 2.20. The molecule has 0 aliphatic carbocycles.